The Hall–Kier alpha value is -2.33. The van der Waals surface area contributed by atoms with Gasteiger partial charge in [0.1, 0.15) is 0 Å². The van der Waals surface area contributed by atoms with Crippen LogP contribution in [0.3, 0.4) is 0 Å². The summed E-state index contributed by atoms with van der Waals surface area (Å²) in [7, 11) is 1.93. The summed E-state index contributed by atoms with van der Waals surface area (Å²) in [5.41, 5.74) is 5.79. The minimum absolute atomic E-state index is 1.02. The molecule has 104 valence electrons. The second-order valence-electron chi connectivity index (χ2n) is 5.18. The van der Waals surface area contributed by atoms with Crippen LogP contribution in [0.25, 0.3) is 26.4 Å². The molecule has 0 saturated heterocycles. The van der Waals surface area contributed by atoms with Crippen molar-refractivity contribution in [1.29, 1.82) is 0 Å². The van der Waals surface area contributed by atoms with E-state index in [2.05, 4.69) is 65.3 Å². The van der Waals surface area contributed by atoms with Crippen molar-refractivity contribution in [3.63, 3.8) is 0 Å². The number of thiazole rings is 1. The highest BCUT2D eigenvalue weighted by Crippen LogP contribution is 2.30. The molecule has 0 aliphatic heterocycles. The number of hydrogen-bond acceptors (Lipinski definition) is 3. The Kier molecular flexibility index (Phi) is 2.72. The molecule has 0 aliphatic rings. The molecule has 3 nitrogen and oxygen atoms in total. The van der Waals surface area contributed by atoms with E-state index in [1.807, 2.05) is 7.05 Å². The maximum absolute atomic E-state index is 4.77. The van der Waals surface area contributed by atoms with Crippen LogP contribution in [0, 0.1) is 6.92 Å². The number of nitrogens with zero attached hydrogens (tertiary/aromatic N) is 2. The van der Waals surface area contributed by atoms with Crippen LogP contribution in [0.5, 0.6) is 0 Å². The molecule has 1 N–H and O–H groups in total. The quantitative estimate of drug-likeness (QED) is 0.587. The average molecular weight is 293 g/mol. The number of fused-ring (bicyclic) bond motifs is 3. The molecule has 0 atom stereocenters. The van der Waals surface area contributed by atoms with E-state index in [1.165, 1.54) is 15.8 Å². The molecule has 2 heterocycles. The fraction of sp³-hybridized carbons (Fsp3) is 0.118. The molecule has 0 saturated carbocycles. The van der Waals surface area contributed by atoms with Gasteiger partial charge in [-0.3, -0.25) is 4.40 Å². The third-order valence-electron chi connectivity index (χ3n) is 3.72. The summed E-state index contributed by atoms with van der Waals surface area (Å²) in [5.74, 6) is 0. The van der Waals surface area contributed by atoms with E-state index in [1.54, 1.807) is 11.3 Å². The molecule has 4 heteroatoms. The molecule has 0 bridgehead atoms. The summed E-state index contributed by atoms with van der Waals surface area (Å²) >= 11 is 1.74. The van der Waals surface area contributed by atoms with E-state index in [4.69, 9.17) is 4.98 Å². The molecule has 0 aliphatic carbocycles. The van der Waals surface area contributed by atoms with E-state index < -0.39 is 0 Å². The minimum atomic E-state index is 1.02. The lowest BCUT2D eigenvalue weighted by Crippen LogP contribution is -1.86. The molecule has 21 heavy (non-hydrogen) atoms. The average Bonchev–Trinajstić information content (AvgIpc) is 3.04. The van der Waals surface area contributed by atoms with Crippen LogP contribution in [0.2, 0.25) is 0 Å². The van der Waals surface area contributed by atoms with Gasteiger partial charge in [-0.25, -0.2) is 4.98 Å². The monoisotopic (exact) mass is 293 g/mol. The van der Waals surface area contributed by atoms with Crippen LogP contribution >= 0.6 is 11.3 Å². The van der Waals surface area contributed by atoms with Crippen LogP contribution in [0.15, 0.2) is 48.7 Å². The fourth-order valence-corrected chi connectivity index (χ4v) is 3.66. The Balaban J connectivity index is 1.86. The molecular weight excluding hydrogens is 278 g/mol. The Morgan fingerprint density at radius 1 is 1.10 bits per heavy atom. The zero-order valence-electron chi connectivity index (χ0n) is 11.9. The van der Waals surface area contributed by atoms with E-state index >= 15 is 0 Å². The predicted octanol–water partition coefficient (Wildman–Crippen LogP) is 4.57. The minimum Gasteiger partial charge on any atom is -0.388 e. The van der Waals surface area contributed by atoms with Crippen LogP contribution in [-0.2, 0) is 0 Å². The molecule has 2 aromatic heterocycles. The highest BCUT2D eigenvalue weighted by Gasteiger charge is 2.10. The van der Waals surface area contributed by atoms with Gasteiger partial charge in [-0.2, -0.15) is 0 Å². The normalized spacial score (nSPS) is 11.3. The SMILES string of the molecule is CNc1ccc(-c2cn3c(n2)sc2cc(C)ccc23)cc1. The van der Waals surface area contributed by atoms with Crippen molar-refractivity contribution in [2.45, 2.75) is 6.92 Å². The molecule has 4 rings (SSSR count). The lowest BCUT2D eigenvalue weighted by molar-refractivity contribution is 1.29. The van der Waals surface area contributed by atoms with Gasteiger partial charge in [0.05, 0.1) is 15.9 Å². The van der Waals surface area contributed by atoms with E-state index in [0.717, 1.165) is 21.9 Å². The van der Waals surface area contributed by atoms with Gasteiger partial charge in [0.2, 0.25) is 0 Å². The van der Waals surface area contributed by atoms with Crippen molar-refractivity contribution >= 4 is 32.2 Å². The van der Waals surface area contributed by atoms with Gasteiger partial charge in [0.25, 0.3) is 0 Å². The molecule has 0 spiro atoms. The van der Waals surface area contributed by atoms with Crippen molar-refractivity contribution in [2.75, 3.05) is 12.4 Å². The second-order valence-corrected chi connectivity index (χ2v) is 6.19. The van der Waals surface area contributed by atoms with E-state index in [-0.39, 0.29) is 0 Å². The Morgan fingerprint density at radius 3 is 2.67 bits per heavy atom. The zero-order chi connectivity index (χ0) is 14.4. The summed E-state index contributed by atoms with van der Waals surface area (Å²) in [6.45, 7) is 2.12. The number of aryl methyl sites for hydroxylation is 1. The van der Waals surface area contributed by atoms with Crippen molar-refractivity contribution in [1.82, 2.24) is 9.38 Å². The zero-order valence-corrected chi connectivity index (χ0v) is 12.7. The summed E-state index contributed by atoms with van der Waals surface area (Å²) in [5, 5.41) is 3.13. The van der Waals surface area contributed by atoms with E-state index in [9.17, 15) is 0 Å². The van der Waals surface area contributed by atoms with Crippen molar-refractivity contribution in [2.24, 2.45) is 0 Å². The number of benzene rings is 2. The van der Waals surface area contributed by atoms with Crippen molar-refractivity contribution in [3.05, 3.63) is 54.2 Å². The largest absolute Gasteiger partial charge is 0.388 e. The second kappa shape index (κ2) is 4.60. The van der Waals surface area contributed by atoms with Gasteiger partial charge in [-0.1, -0.05) is 29.5 Å². The maximum atomic E-state index is 4.77. The molecule has 4 aromatic rings. The first kappa shape index (κ1) is 12.4. The Morgan fingerprint density at radius 2 is 1.90 bits per heavy atom. The fourth-order valence-electron chi connectivity index (χ4n) is 2.56. The third-order valence-corrected chi connectivity index (χ3v) is 4.74. The lowest BCUT2D eigenvalue weighted by atomic mass is 10.1. The van der Waals surface area contributed by atoms with E-state index in [0.29, 0.717) is 0 Å². The molecular formula is C17H15N3S. The summed E-state index contributed by atoms with van der Waals surface area (Å²) in [6, 6.07) is 14.9. The smallest absolute Gasteiger partial charge is 0.195 e. The van der Waals surface area contributed by atoms with Crippen molar-refractivity contribution < 1.29 is 0 Å². The number of anilines is 1. The maximum Gasteiger partial charge on any atom is 0.195 e. The molecule has 0 fully saturated rings. The van der Waals surface area contributed by atoms with Crippen LogP contribution < -0.4 is 5.32 Å². The summed E-state index contributed by atoms with van der Waals surface area (Å²) < 4.78 is 3.47. The van der Waals surface area contributed by atoms with Gasteiger partial charge < -0.3 is 5.32 Å². The highest BCUT2D eigenvalue weighted by molar-refractivity contribution is 7.23. The van der Waals surface area contributed by atoms with Gasteiger partial charge in [0, 0.05) is 24.5 Å². The van der Waals surface area contributed by atoms with Gasteiger partial charge in [-0.15, -0.1) is 0 Å². The van der Waals surface area contributed by atoms with Crippen LogP contribution in [-0.4, -0.2) is 16.4 Å². The number of aromatic nitrogens is 2. The number of rotatable bonds is 2. The Labute approximate surface area is 126 Å². The first-order chi connectivity index (χ1) is 10.2. The lowest BCUT2D eigenvalue weighted by Gasteiger charge is -2.00. The molecule has 0 unspecified atom stereocenters. The molecule has 0 amide bonds. The Bertz CT molecular complexity index is 932. The standard InChI is InChI=1S/C17H15N3S/c1-11-3-8-15-16(9-11)21-17-19-14(10-20(15)17)12-4-6-13(18-2)7-5-12/h3-10,18H,1-2H3. The van der Waals surface area contributed by atoms with Crippen LogP contribution in [0.4, 0.5) is 5.69 Å². The first-order valence-electron chi connectivity index (χ1n) is 6.91. The molecule has 2 aromatic carbocycles. The predicted molar refractivity (Wildman–Crippen MR) is 90.3 cm³/mol. The number of imidazole rings is 1. The number of nitrogens with one attached hydrogen (secondary N) is 1. The van der Waals surface area contributed by atoms with Crippen molar-refractivity contribution in [3.8, 4) is 11.3 Å². The summed E-state index contributed by atoms with van der Waals surface area (Å²) in [4.78, 5) is 5.81. The number of hydrogen-bond donors (Lipinski definition) is 1. The third kappa shape index (κ3) is 1.99. The highest BCUT2D eigenvalue weighted by atomic mass is 32.1. The summed E-state index contributed by atoms with van der Waals surface area (Å²) in [6.07, 6.45) is 2.12. The van der Waals surface area contributed by atoms with Gasteiger partial charge in [-0.05, 0) is 36.8 Å². The molecule has 0 radical (unpaired) electrons. The van der Waals surface area contributed by atoms with Crippen LogP contribution in [0.1, 0.15) is 5.56 Å². The topological polar surface area (TPSA) is 29.3 Å². The first-order valence-corrected chi connectivity index (χ1v) is 7.73. The van der Waals surface area contributed by atoms with Gasteiger partial charge >= 0.3 is 0 Å². The van der Waals surface area contributed by atoms with Gasteiger partial charge in [0.15, 0.2) is 4.96 Å².